The lowest BCUT2D eigenvalue weighted by Crippen LogP contribution is -2.36. The first-order chi connectivity index (χ1) is 14.7. The SMILES string of the molecule is O=C1Cc2cc(CCN3CCC(C4=CNC5C=CC(F)=CC45)CC3)cc3c2N1CC3. The van der Waals surface area contributed by atoms with Crippen LogP contribution in [0.1, 0.15) is 29.5 Å². The van der Waals surface area contributed by atoms with Crippen LogP contribution in [-0.4, -0.2) is 43.0 Å². The number of anilines is 1. The van der Waals surface area contributed by atoms with E-state index in [1.54, 1.807) is 12.2 Å². The maximum absolute atomic E-state index is 13.7. The number of carbonyl (C=O) groups excluding carboxylic acids is 1. The van der Waals surface area contributed by atoms with Crippen molar-refractivity contribution in [1.82, 2.24) is 10.2 Å². The highest BCUT2D eigenvalue weighted by Gasteiger charge is 2.35. The molecule has 1 N–H and O–H groups in total. The molecule has 2 atom stereocenters. The standard InChI is InChI=1S/C25H28FN3O/c26-20-1-2-23-21(14-20)22(15-27-23)17-4-8-28(9-5-17)7-3-16-11-18-6-10-29-24(30)13-19(12-16)25(18)29/h1-2,11-12,14-15,17,21,23,27H,3-10,13H2. The van der Waals surface area contributed by atoms with Gasteiger partial charge < -0.3 is 15.1 Å². The first-order valence-corrected chi connectivity index (χ1v) is 11.3. The van der Waals surface area contributed by atoms with Crippen LogP contribution in [0.3, 0.4) is 0 Å². The van der Waals surface area contributed by atoms with E-state index in [0.29, 0.717) is 12.3 Å². The topological polar surface area (TPSA) is 35.6 Å². The molecule has 4 heterocycles. The number of carbonyl (C=O) groups is 1. The Morgan fingerprint density at radius 1 is 1.13 bits per heavy atom. The van der Waals surface area contributed by atoms with Gasteiger partial charge in [0.25, 0.3) is 0 Å². The minimum Gasteiger partial charge on any atom is -0.384 e. The van der Waals surface area contributed by atoms with E-state index in [1.807, 2.05) is 11.0 Å². The van der Waals surface area contributed by atoms with Crippen LogP contribution in [0.25, 0.3) is 0 Å². The fraction of sp³-hybridized carbons (Fsp3) is 0.480. The number of nitrogens with one attached hydrogen (secondary N) is 1. The molecular weight excluding hydrogens is 377 g/mol. The van der Waals surface area contributed by atoms with E-state index in [1.165, 1.54) is 28.0 Å². The van der Waals surface area contributed by atoms with Gasteiger partial charge in [0.1, 0.15) is 5.83 Å². The fourth-order valence-electron chi connectivity index (χ4n) is 6.07. The van der Waals surface area contributed by atoms with E-state index in [-0.39, 0.29) is 23.7 Å². The molecule has 1 aromatic rings. The second-order valence-electron chi connectivity index (χ2n) is 9.37. The molecule has 1 fully saturated rings. The molecule has 1 amide bonds. The maximum Gasteiger partial charge on any atom is 0.231 e. The summed E-state index contributed by atoms with van der Waals surface area (Å²) in [7, 11) is 0. The second-order valence-corrected chi connectivity index (χ2v) is 9.37. The van der Waals surface area contributed by atoms with Crippen LogP contribution >= 0.6 is 0 Å². The van der Waals surface area contributed by atoms with Gasteiger partial charge in [0.2, 0.25) is 5.91 Å². The number of amides is 1. The molecule has 4 aliphatic heterocycles. The zero-order valence-electron chi connectivity index (χ0n) is 17.2. The third kappa shape index (κ3) is 3.02. The van der Waals surface area contributed by atoms with Crippen molar-refractivity contribution in [3.8, 4) is 0 Å². The minimum absolute atomic E-state index is 0.106. The van der Waals surface area contributed by atoms with Gasteiger partial charge in [-0.05, 0) is 85.3 Å². The van der Waals surface area contributed by atoms with E-state index in [9.17, 15) is 9.18 Å². The highest BCUT2D eigenvalue weighted by molar-refractivity contribution is 6.03. The van der Waals surface area contributed by atoms with Crippen molar-refractivity contribution in [2.45, 2.75) is 38.1 Å². The zero-order valence-corrected chi connectivity index (χ0v) is 17.2. The van der Waals surface area contributed by atoms with Crippen LogP contribution in [0.15, 0.2) is 48.0 Å². The summed E-state index contributed by atoms with van der Waals surface area (Å²) in [6, 6.07) is 4.83. The summed E-state index contributed by atoms with van der Waals surface area (Å²) in [5.74, 6) is 0.903. The molecule has 0 radical (unpaired) electrons. The van der Waals surface area contributed by atoms with Gasteiger partial charge in [0, 0.05) is 19.0 Å². The number of piperidine rings is 1. The molecule has 30 heavy (non-hydrogen) atoms. The van der Waals surface area contributed by atoms with E-state index in [2.05, 4.69) is 28.5 Å². The van der Waals surface area contributed by atoms with Crippen molar-refractivity contribution in [1.29, 1.82) is 0 Å². The number of rotatable bonds is 4. The van der Waals surface area contributed by atoms with E-state index in [0.717, 1.165) is 51.9 Å². The summed E-state index contributed by atoms with van der Waals surface area (Å²) in [5.41, 5.74) is 6.58. The van der Waals surface area contributed by atoms with Gasteiger partial charge in [-0.25, -0.2) is 4.39 Å². The number of benzene rings is 1. The summed E-state index contributed by atoms with van der Waals surface area (Å²) < 4.78 is 13.7. The summed E-state index contributed by atoms with van der Waals surface area (Å²) in [4.78, 5) is 16.7. The monoisotopic (exact) mass is 405 g/mol. The molecule has 0 saturated carbocycles. The Bertz CT molecular complexity index is 986. The van der Waals surface area contributed by atoms with Gasteiger partial charge >= 0.3 is 0 Å². The van der Waals surface area contributed by atoms with Crippen LogP contribution in [0.2, 0.25) is 0 Å². The van der Waals surface area contributed by atoms with Gasteiger partial charge in [-0.1, -0.05) is 18.2 Å². The van der Waals surface area contributed by atoms with Crippen LogP contribution in [0, 0.1) is 11.8 Å². The molecule has 2 unspecified atom stereocenters. The number of fused-ring (bicyclic) bond motifs is 1. The second kappa shape index (κ2) is 7.09. The molecule has 5 heteroatoms. The van der Waals surface area contributed by atoms with Crippen molar-refractivity contribution in [3.05, 3.63) is 64.7 Å². The molecule has 156 valence electrons. The maximum atomic E-state index is 13.7. The molecule has 1 aromatic carbocycles. The molecule has 1 aliphatic carbocycles. The lowest BCUT2D eigenvalue weighted by molar-refractivity contribution is -0.117. The Morgan fingerprint density at radius 2 is 1.97 bits per heavy atom. The number of hydrogen-bond donors (Lipinski definition) is 1. The van der Waals surface area contributed by atoms with Crippen LogP contribution in [0.4, 0.5) is 10.1 Å². The molecule has 5 aliphatic rings. The molecular formula is C25H28FN3O. The molecule has 4 nitrogen and oxygen atoms in total. The highest BCUT2D eigenvalue weighted by atomic mass is 19.1. The quantitative estimate of drug-likeness (QED) is 0.835. The molecule has 6 rings (SSSR count). The van der Waals surface area contributed by atoms with Crippen LogP contribution in [0.5, 0.6) is 0 Å². The zero-order chi connectivity index (χ0) is 20.2. The summed E-state index contributed by atoms with van der Waals surface area (Å²) in [6.07, 6.45) is 12.4. The van der Waals surface area contributed by atoms with Crippen molar-refractivity contribution < 1.29 is 9.18 Å². The molecule has 0 spiro atoms. The van der Waals surface area contributed by atoms with E-state index < -0.39 is 0 Å². The number of likely N-dealkylation sites (tertiary alicyclic amines) is 1. The number of allylic oxidation sites excluding steroid dienone is 2. The number of hydrogen-bond acceptors (Lipinski definition) is 3. The smallest absolute Gasteiger partial charge is 0.231 e. The van der Waals surface area contributed by atoms with Crippen LogP contribution in [-0.2, 0) is 24.1 Å². The average Bonchev–Trinajstić information content (AvgIpc) is 3.44. The third-order valence-corrected chi connectivity index (χ3v) is 7.64. The first-order valence-electron chi connectivity index (χ1n) is 11.3. The number of nitrogens with zero attached hydrogens (tertiary/aromatic N) is 2. The third-order valence-electron chi connectivity index (χ3n) is 7.64. The first kappa shape index (κ1) is 18.4. The Morgan fingerprint density at radius 3 is 2.83 bits per heavy atom. The summed E-state index contributed by atoms with van der Waals surface area (Å²) >= 11 is 0. The van der Waals surface area contributed by atoms with Gasteiger partial charge in [-0.15, -0.1) is 0 Å². The number of halogens is 1. The molecule has 0 aromatic heterocycles. The van der Waals surface area contributed by atoms with E-state index >= 15 is 0 Å². The molecule has 1 saturated heterocycles. The normalized spacial score (nSPS) is 27.8. The fourth-order valence-corrected chi connectivity index (χ4v) is 6.07. The predicted molar refractivity (Wildman–Crippen MR) is 116 cm³/mol. The van der Waals surface area contributed by atoms with Gasteiger partial charge in [-0.2, -0.15) is 0 Å². The van der Waals surface area contributed by atoms with Gasteiger partial charge in [0.15, 0.2) is 0 Å². The van der Waals surface area contributed by atoms with Crippen LogP contribution < -0.4 is 10.2 Å². The Balaban J connectivity index is 1.06. The van der Waals surface area contributed by atoms with Gasteiger partial charge in [0.05, 0.1) is 18.2 Å². The predicted octanol–water partition coefficient (Wildman–Crippen LogP) is 3.28. The van der Waals surface area contributed by atoms with Crippen molar-refractivity contribution >= 4 is 11.6 Å². The largest absolute Gasteiger partial charge is 0.384 e. The highest BCUT2D eigenvalue weighted by Crippen LogP contribution is 2.39. The lowest BCUT2D eigenvalue weighted by Gasteiger charge is -2.34. The Kier molecular flexibility index (Phi) is 4.34. The Labute approximate surface area is 177 Å². The summed E-state index contributed by atoms with van der Waals surface area (Å²) in [6.45, 7) is 4.14. The van der Waals surface area contributed by atoms with E-state index in [4.69, 9.17) is 0 Å². The van der Waals surface area contributed by atoms with Crippen molar-refractivity contribution in [2.75, 3.05) is 31.1 Å². The Hall–Kier alpha value is -2.40. The minimum atomic E-state index is -0.106. The van der Waals surface area contributed by atoms with Crippen molar-refractivity contribution in [3.63, 3.8) is 0 Å². The molecule has 0 bridgehead atoms. The lowest BCUT2D eigenvalue weighted by atomic mass is 9.80. The van der Waals surface area contributed by atoms with Crippen molar-refractivity contribution in [2.24, 2.45) is 11.8 Å². The summed E-state index contributed by atoms with van der Waals surface area (Å²) in [5, 5.41) is 3.42. The van der Waals surface area contributed by atoms with Gasteiger partial charge in [-0.3, -0.25) is 4.79 Å². The average molecular weight is 406 g/mol.